The molecular formula is C37H38F2N4O. The molecule has 7 heteroatoms. The number of nitrogens with zero attached hydrogens (tertiary/aromatic N) is 3. The Morgan fingerprint density at radius 1 is 0.932 bits per heavy atom. The van der Waals surface area contributed by atoms with Crippen LogP contribution >= 0.6 is 0 Å². The van der Waals surface area contributed by atoms with Gasteiger partial charge in [0.1, 0.15) is 11.5 Å². The normalized spacial score (nSPS) is 21.0. The van der Waals surface area contributed by atoms with Gasteiger partial charge in [-0.05, 0) is 98.5 Å². The molecule has 3 aliphatic rings. The fourth-order valence-electron chi connectivity index (χ4n) is 7.69. The molecule has 1 N–H and O–H groups in total. The lowest BCUT2D eigenvalue weighted by Gasteiger charge is -2.37. The van der Waals surface area contributed by atoms with E-state index in [1.807, 2.05) is 30.3 Å². The van der Waals surface area contributed by atoms with Crippen molar-refractivity contribution in [1.82, 2.24) is 14.8 Å². The molecule has 2 fully saturated rings. The molecule has 4 aromatic rings. The number of halogens is 2. The molecule has 0 radical (unpaired) electrons. The van der Waals surface area contributed by atoms with E-state index in [0.717, 1.165) is 54.5 Å². The molecule has 2 saturated heterocycles. The highest BCUT2D eigenvalue weighted by atomic mass is 19.1. The number of hydrogen-bond acceptors (Lipinski definition) is 4. The largest absolute Gasteiger partial charge is 0.361 e. The van der Waals surface area contributed by atoms with Crippen LogP contribution in [0.5, 0.6) is 0 Å². The lowest BCUT2D eigenvalue weighted by molar-refractivity contribution is 0.0333. The Balaban J connectivity index is 0.934. The Bertz CT molecular complexity index is 1720. The highest BCUT2D eigenvalue weighted by Gasteiger charge is 2.41. The number of aromatic amines is 1. The standard InChI is InChI=1S/C37H38F2N4O/c38-34-4-2-1-3-28(34)23-43-15-11-37(39,12-16-43)20-30-19-29-18-27(6-7-32(29)36(30)44)26-9-13-42(14-10-26)24-31-22-41-35-8-5-25(21-40)17-33(31)35/h1-8,17-18,22,26,30,41H,9-16,19-20,23-24H2. The average molecular weight is 593 g/mol. The van der Waals surface area contributed by atoms with E-state index in [1.54, 1.807) is 12.1 Å². The highest BCUT2D eigenvalue weighted by Crippen LogP contribution is 2.40. The first-order chi connectivity index (χ1) is 21.4. The van der Waals surface area contributed by atoms with Gasteiger partial charge < -0.3 is 4.98 Å². The van der Waals surface area contributed by atoms with Crippen LogP contribution in [0.3, 0.4) is 0 Å². The van der Waals surface area contributed by atoms with Gasteiger partial charge in [-0.15, -0.1) is 0 Å². The molecule has 5 nitrogen and oxygen atoms in total. The Morgan fingerprint density at radius 2 is 1.68 bits per heavy atom. The number of aromatic nitrogens is 1. The quantitative estimate of drug-likeness (QED) is 0.245. The predicted molar refractivity (Wildman–Crippen MR) is 168 cm³/mol. The van der Waals surface area contributed by atoms with Crippen molar-refractivity contribution in [3.05, 3.63) is 106 Å². The molecule has 3 heterocycles. The SMILES string of the molecule is N#Cc1ccc2[nH]cc(CN3CCC(c4ccc5c(c4)CC(CC4(F)CCN(Cc6ccccc6F)CC4)C5=O)CC3)c2c1. The van der Waals surface area contributed by atoms with Gasteiger partial charge in [-0.3, -0.25) is 14.6 Å². The number of nitriles is 1. The van der Waals surface area contributed by atoms with Crippen LogP contribution in [0.25, 0.3) is 10.9 Å². The van der Waals surface area contributed by atoms with Gasteiger partial charge in [-0.2, -0.15) is 5.26 Å². The summed E-state index contributed by atoms with van der Waals surface area (Å²) in [6, 6.07) is 21.1. The molecule has 0 spiro atoms. The summed E-state index contributed by atoms with van der Waals surface area (Å²) in [5, 5.41) is 10.4. The van der Waals surface area contributed by atoms with E-state index >= 15 is 4.39 Å². The second-order valence-electron chi connectivity index (χ2n) is 13.1. The molecule has 7 rings (SSSR count). The summed E-state index contributed by atoms with van der Waals surface area (Å²) in [5.41, 5.74) is 5.39. The average Bonchev–Trinajstić information content (AvgIpc) is 3.58. The van der Waals surface area contributed by atoms with Crippen molar-refractivity contribution in [1.29, 1.82) is 5.26 Å². The third kappa shape index (κ3) is 5.81. The van der Waals surface area contributed by atoms with Crippen LogP contribution in [0.1, 0.15) is 76.2 Å². The summed E-state index contributed by atoms with van der Waals surface area (Å²) in [7, 11) is 0. The minimum Gasteiger partial charge on any atom is -0.361 e. The van der Waals surface area contributed by atoms with Gasteiger partial charge in [0.15, 0.2) is 5.78 Å². The molecule has 226 valence electrons. The minimum atomic E-state index is -1.36. The van der Waals surface area contributed by atoms with E-state index < -0.39 is 5.67 Å². The van der Waals surface area contributed by atoms with Crippen molar-refractivity contribution in [2.45, 2.75) is 63.2 Å². The van der Waals surface area contributed by atoms with Gasteiger partial charge in [0, 0.05) is 60.3 Å². The number of H-pyrrole nitrogens is 1. The molecule has 0 bridgehead atoms. The smallest absolute Gasteiger partial charge is 0.166 e. The monoisotopic (exact) mass is 592 g/mol. The summed E-state index contributed by atoms with van der Waals surface area (Å²) < 4.78 is 30.1. The first-order valence-electron chi connectivity index (χ1n) is 15.9. The van der Waals surface area contributed by atoms with Crippen molar-refractivity contribution in [3.8, 4) is 6.07 Å². The van der Waals surface area contributed by atoms with Gasteiger partial charge in [0.2, 0.25) is 0 Å². The highest BCUT2D eigenvalue weighted by molar-refractivity contribution is 6.02. The van der Waals surface area contributed by atoms with E-state index in [9.17, 15) is 14.4 Å². The molecule has 1 atom stereocenters. The van der Waals surface area contributed by atoms with Gasteiger partial charge in [0.25, 0.3) is 0 Å². The molecule has 0 amide bonds. The lowest BCUT2D eigenvalue weighted by Crippen LogP contribution is -2.43. The predicted octanol–water partition coefficient (Wildman–Crippen LogP) is 7.31. The lowest BCUT2D eigenvalue weighted by atomic mass is 9.82. The number of benzene rings is 3. The van der Waals surface area contributed by atoms with Crippen LogP contribution in [0.15, 0.2) is 66.9 Å². The fraction of sp³-hybridized carbons (Fsp3) is 0.405. The number of fused-ring (bicyclic) bond motifs is 2. The molecule has 0 saturated carbocycles. The van der Waals surface area contributed by atoms with Crippen LogP contribution in [-0.2, 0) is 19.5 Å². The van der Waals surface area contributed by atoms with Crippen LogP contribution in [0.2, 0.25) is 0 Å². The Hall–Kier alpha value is -3.86. The Kier molecular flexibility index (Phi) is 7.82. The third-order valence-corrected chi connectivity index (χ3v) is 10.3. The number of carbonyl (C=O) groups is 1. The van der Waals surface area contributed by atoms with Gasteiger partial charge in [0.05, 0.1) is 11.6 Å². The maximum Gasteiger partial charge on any atom is 0.166 e. The molecule has 1 unspecified atom stereocenters. The van der Waals surface area contributed by atoms with Crippen LogP contribution < -0.4 is 0 Å². The Morgan fingerprint density at radius 3 is 2.45 bits per heavy atom. The summed E-state index contributed by atoms with van der Waals surface area (Å²) in [5.74, 6) is 0.0174. The molecule has 44 heavy (non-hydrogen) atoms. The first kappa shape index (κ1) is 28.9. The zero-order valence-corrected chi connectivity index (χ0v) is 25.0. The number of ketones is 1. The van der Waals surface area contributed by atoms with Crippen LogP contribution in [0.4, 0.5) is 8.78 Å². The minimum absolute atomic E-state index is 0.0884. The van der Waals surface area contributed by atoms with Crippen molar-refractivity contribution in [2.75, 3.05) is 26.2 Å². The van der Waals surface area contributed by atoms with Gasteiger partial charge in [-0.25, -0.2) is 8.78 Å². The van der Waals surface area contributed by atoms with E-state index in [-0.39, 0.29) is 23.9 Å². The first-order valence-corrected chi connectivity index (χ1v) is 15.9. The number of alkyl halides is 1. The number of nitrogens with one attached hydrogen (secondary N) is 1. The molecular weight excluding hydrogens is 554 g/mol. The summed E-state index contributed by atoms with van der Waals surface area (Å²) in [6.45, 7) is 4.47. The van der Waals surface area contributed by atoms with Crippen molar-refractivity contribution < 1.29 is 13.6 Å². The maximum absolute atomic E-state index is 16.0. The fourth-order valence-corrected chi connectivity index (χ4v) is 7.69. The number of rotatable bonds is 7. The summed E-state index contributed by atoms with van der Waals surface area (Å²) in [4.78, 5) is 21.3. The summed E-state index contributed by atoms with van der Waals surface area (Å²) in [6.07, 6.45) is 5.81. The number of Topliss-reactive ketones (excluding diaryl/α,β-unsaturated/α-hetero) is 1. The topological polar surface area (TPSA) is 63.1 Å². The molecule has 1 aromatic heterocycles. The van der Waals surface area contributed by atoms with E-state index in [0.29, 0.717) is 55.9 Å². The Labute approximate surface area is 257 Å². The van der Waals surface area contributed by atoms with E-state index in [1.165, 1.54) is 17.2 Å². The second-order valence-corrected chi connectivity index (χ2v) is 13.1. The number of piperidine rings is 2. The van der Waals surface area contributed by atoms with E-state index in [2.05, 4.69) is 39.2 Å². The van der Waals surface area contributed by atoms with E-state index in [4.69, 9.17) is 0 Å². The maximum atomic E-state index is 16.0. The van der Waals surface area contributed by atoms with Crippen LogP contribution in [-0.4, -0.2) is 52.4 Å². The molecule has 2 aliphatic heterocycles. The second kappa shape index (κ2) is 11.9. The zero-order chi connectivity index (χ0) is 30.3. The molecule has 1 aliphatic carbocycles. The molecule has 3 aromatic carbocycles. The zero-order valence-electron chi connectivity index (χ0n) is 25.0. The number of carbonyl (C=O) groups excluding carboxylic acids is 1. The van der Waals surface area contributed by atoms with Crippen molar-refractivity contribution in [2.24, 2.45) is 5.92 Å². The third-order valence-electron chi connectivity index (χ3n) is 10.3. The number of likely N-dealkylation sites (tertiary alicyclic amines) is 2. The van der Waals surface area contributed by atoms with Gasteiger partial charge in [-0.1, -0.05) is 36.4 Å². The van der Waals surface area contributed by atoms with Crippen molar-refractivity contribution >= 4 is 16.7 Å². The summed E-state index contributed by atoms with van der Waals surface area (Å²) >= 11 is 0. The van der Waals surface area contributed by atoms with Crippen molar-refractivity contribution in [3.63, 3.8) is 0 Å². The van der Waals surface area contributed by atoms with Gasteiger partial charge >= 0.3 is 0 Å². The van der Waals surface area contributed by atoms with Crippen LogP contribution in [0, 0.1) is 23.1 Å². The number of hydrogen-bond donors (Lipinski definition) is 1.